The number of aromatic nitrogens is 4. The van der Waals surface area contributed by atoms with Crippen molar-refractivity contribution in [3.8, 4) is 0 Å². The molecular weight excluding hydrogens is 503 g/mol. The van der Waals surface area contributed by atoms with Crippen LogP contribution in [0.4, 0.5) is 0 Å². The average molecular weight is 521 g/mol. The quantitative estimate of drug-likeness (QED) is 0.176. The number of aromatic amines is 1. The summed E-state index contributed by atoms with van der Waals surface area (Å²) in [6.45, 7) is 0.798. The van der Waals surface area contributed by atoms with Crippen LogP contribution in [0.15, 0.2) is 11.1 Å². The molecule has 18 nitrogen and oxygen atoms in total. The van der Waals surface area contributed by atoms with Crippen molar-refractivity contribution in [3.05, 3.63) is 22.5 Å². The minimum Gasteiger partial charge on any atom is -0.349 e. The Kier molecular flexibility index (Phi) is 7.20. The van der Waals surface area contributed by atoms with Crippen LogP contribution in [0.2, 0.25) is 0 Å². The molecule has 1 aliphatic heterocycles. The second-order valence-electron chi connectivity index (χ2n) is 6.40. The Balaban J connectivity index is 1.71. The second-order valence-corrected chi connectivity index (χ2v) is 10.8. The van der Waals surface area contributed by atoms with E-state index in [0.29, 0.717) is 5.82 Å². The number of nitrogens with zero attached hydrogens (tertiary/aromatic N) is 3. The molecule has 7 N–H and O–H groups in total. The topological polar surface area (TPSA) is 268 Å². The molecule has 1 saturated heterocycles. The van der Waals surface area contributed by atoms with E-state index in [1.807, 2.05) is 0 Å². The SMILES string of the molecule is Cc1nc2c(ncn2[C@H]2CC(ON)[C@@H](COP(=O)(O)OP(=O)(O)OP(=O)(O)O)O2)c(=O)[nH]1. The molecule has 3 heterocycles. The number of hydrogen-bond donors (Lipinski definition) is 6. The Morgan fingerprint density at radius 3 is 2.56 bits per heavy atom. The molecule has 0 amide bonds. The third-order valence-electron chi connectivity index (χ3n) is 4.03. The lowest BCUT2D eigenvalue weighted by Crippen LogP contribution is -2.31. The van der Waals surface area contributed by atoms with E-state index in [2.05, 4.69) is 28.1 Å². The van der Waals surface area contributed by atoms with Gasteiger partial charge in [-0.2, -0.15) is 8.62 Å². The van der Waals surface area contributed by atoms with Crippen LogP contribution >= 0.6 is 23.5 Å². The van der Waals surface area contributed by atoms with Crippen LogP contribution in [0.3, 0.4) is 0 Å². The molecule has 1 fully saturated rings. The number of phosphoric ester groups is 1. The van der Waals surface area contributed by atoms with Crippen molar-refractivity contribution < 1.29 is 56.0 Å². The monoisotopic (exact) mass is 521 g/mol. The fourth-order valence-electron chi connectivity index (χ4n) is 2.88. The fraction of sp³-hybridized carbons (Fsp3) is 0.545. The minimum atomic E-state index is -5.66. The van der Waals surface area contributed by atoms with Crippen molar-refractivity contribution in [1.29, 1.82) is 0 Å². The van der Waals surface area contributed by atoms with Gasteiger partial charge in [0.2, 0.25) is 0 Å². The number of nitrogens with two attached hydrogens (primary N) is 1. The van der Waals surface area contributed by atoms with Crippen molar-refractivity contribution in [1.82, 2.24) is 19.5 Å². The second kappa shape index (κ2) is 9.12. The number of aryl methyl sites for hydroxylation is 1. The highest BCUT2D eigenvalue weighted by Crippen LogP contribution is 2.66. The molecule has 3 unspecified atom stereocenters. The van der Waals surface area contributed by atoms with Crippen molar-refractivity contribution in [3.63, 3.8) is 0 Å². The fourth-order valence-corrected chi connectivity index (χ4v) is 5.91. The molecule has 21 heteroatoms. The van der Waals surface area contributed by atoms with Gasteiger partial charge in [0.05, 0.1) is 12.9 Å². The number of imidazole rings is 1. The molecule has 0 aliphatic carbocycles. The van der Waals surface area contributed by atoms with Gasteiger partial charge in [0.1, 0.15) is 24.3 Å². The first kappa shape index (κ1) is 25.3. The molecule has 180 valence electrons. The molecule has 0 spiro atoms. The van der Waals surface area contributed by atoms with Gasteiger partial charge in [-0.3, -0.25) is 18.7 Å². The number of nitrogens with one attached hydrogen (secondary N) is 1. The number of fused-ring (bicyclic) bond motifs is 1. The van der Waals surface area contributed by atoms with Crippen LogP contribution in [0.25, 0.3) is 11.2 Å². The van der Waals surface area contributed by atoms with Crippen LogP contribution in [-0.4, -0.2) is 57.9 Å². The predicted molar refractivity (Wildman–Crippen MR) is 100 cm³/mol. The molecule has 0 aromatic carbocycles. The van der Waals surface area contributed by atoms with Gasteiger partial charge >= 0.3 is 23.5 Å². The summed E-state index contributed by atoms with van der Waals surface area (Å²) in [6, 6.07) is 0. The first-order valence-electron chi connectivity index (χ1n) is 8.42. The van der Waals surface area contributed by atoms with Gasteiger partial charge in [0.25, 0.3) is 5.56 Å². The van der Waals surface area contributed by atoms with Gasteiger partial charge in [0.15, 0.2) is 11.2 Å². The molecule has 3 rings (SSSR count). The zero-order valence-electron chi connectivity index (χ0n) is 15.9. The maximum Gasteiger partial charge on any atom is 0.490 e. The summed E-state index contributed by atoms with van der Waals surface area (Å²) in [7, 11) is -16.5. The van der Waals surface area contributed by atoms with Gasteiger partial charge in [-0.25, -0.2) is 29.6 Å². The molecule has 0 radical (unpaired) electrons. The summed E-state index contributed by atoms with van der Waals surface area (Å²) in [5, 5.41) is 0. The number of hydrogen-bond acceptors (Lipinski definition) is 12. The zero-order valence-corrected chi connectivity index (χ0v) is 18.6. The van der Waals surface area contributed by atoms with Gasteiger partial charge in [-0.1, -0.05) is 0 Å². The Hall–Kier alpha value is -1.36. The lowest BCUT2D eigenvalue weighted by Gasteiger charge is -2.20. The van der Waals surface area contributed by atoms with E-state index in [9.17, 15) is 28.3 Å². The van der Waals surface area contributed by atoms with E-state index in [1.54, 1.807) is 6.92 Å². The summed E-state index contributed by atoms with van der Waals surface area (Å²) in [5.41, 5.74) is -0.234. The first-order valence-corrected chi connectivity index (χ1v) is 12.9. The number of H-pyrrole nitrogens is 1. The van der Waals surface area contributed by atoms with Crippen molar-refractivity contribution >= 4 is 34.6 Å². The predicted octanol–water partition coefficient (Wildman–Crippen LogP) is -0.682. The Morgan fingerprint density at radius 2 is 1.94 bits per heavy atom. The average Bonchev–Trinajstić information content (AvgIpc) is 3.20. The van der Waals surface area contributed by atoms with Crippen LogP contribution in [-0.2, 0) is 36.4 Å². The number of ether oxygens (including phenoxy) is 1. The Labute approximate surface area is 177 Å². The minimum absolute atomic E-state index is 0.0427. The third kappa shape index (κ3) is 6.15. The highest BCUT2D eigenvalue weighted by Gasteiger charge is 2.43. The van der Waals surface area contributed by atoms with E-state index in [-0.39, 0.29) is 17.6 Å². The van der Waals surface area contributed by atoms with Crippen LogP contribution in [0.1, 0.15) is 18.5 Å². The number of rotatable bonds is 9. The van der Waals surface area contributed by atoms with E-state index in [4.69, 9.17) is 25.3 Å². The maximum absolute atomic E-state index is 12.0. The Bertz CT molecular complexity index is 1190. The molecule has 1 aliphatic rings. The molecule has 32 heavy (non-hydrogen) atoms. The number of phosphoric acid groups is 3. The van der Waals surface area contributed by atoms with Gasteiger partial charge in [-0.05, 0) is 6.92 Å². The van der Waals surface area contributed by atoms with Gasteiger partial charge in [-0.15, -0.1) is 0 Å². The standard InChI is InChI=1S/C11H18N5O13P3/c1-5-14-10-9(11(17)15-5)13-4-16(10)8-2-6(27-12)7(26-8)3-25-31(21,22)29-32(23,24)28-30(18,19)20/h4,6-8H,2-3,12H2,1H3,(H,21,22)(H,23,24)(H,14,15,17)(H2,18,19,20)/t6?,7-,8-/m1/s1. The largest absolute Gasteiger partial charge is 0.490 e. The lowest BCUT2D eigenvalue weighted by atomic mass is 10.2. The summed E-state index contributed by atoms with van der Waals surface area (Å²) in [6.07, 6.45) is -1.50. The molecule has 2 aromatic heterocycles. The van der Waals surface area contributed by atoms with Crippen LogP contribution in [0, 0.1) is 6.92 Å². The molecule has 0 bridgehead atoms. The highest BCUT2D eigenvalue weighted by molar-refractivity contribution is 7.66. The lowest BCUT2D eigenvalue weighted by molar-refractivity contribution is -0.0600. The summed E-state index contributed by atoms with van der Waals surface area (Å²) in [4.78, 5) is 63.2. The summed E-state index contributed by atoms with van der Waals surface area (Å²) < 4.78 is 52.8. The van der Waals surface area contributed by atoms with E-state index < -0.39 is 54.1 Å². The Morgan fingerprint density at radius 1 is 1.25 bits per heavy atom. The zero-order chi connectivity index (χ0) is 23.9. The van der Waals surface area contributed by atoms with Crippen molar-refractivity contribution in [2.45, 2.75) is 31.8 Å². The summed E-state index contributed by atoms with van der Waals surface area (Å²) >= 11 is 0. The van der Waals surface area contributed by atoms with E-state index >= 15 is 0 Å². The smallest absolute Gasteiger partial charge is 0.349 e. The van der Waals surface area contributed by atoms with Crippen molar-refractivity contribution in [2.75, 3.05) is 6.61 Å². The molecule has 2 aromatic rings. The van der Waals surface area contributed by atoms with Crippen molar-refractivity contribution in [2.24, 2.45) is 5.90 Å². The van der Waals surface area contributed by atoms with E-state index in [1.165, 1.54) is 10.9 Å². The maximum atomic E-state index is 12.0. The van der Waals surface area contributed by atoms with Crippen LogP contribution in [0.5, 0.6) is 0 Å². The highest BCUT2D eigenvalue weighted by atomic mass is 31.3. The van der Waals surface area contributed by atoms with Gasteiger partial charge in [0, 0.05) is 6.42 Å². The summed E-state index contributed by atoms with van der Waals surface area (Å²) in [5.74, 6) is 5.54. The third-order valence-corrected chi connectivity index (χ3v) is 7.84. The normalized spacial score (nSPS) is 25.6. The van der Waals surface area contributed by atoms with Gasteiger partial charge < -0.3 is 29.3 Å². The first-order chi connectivity index (χ1) is 14.7. The molecule has 5 atom stereocenters. The van der Waals surface area contributed by atoms with E-state index in [0.717, 1.165) is 0 Å². The van der Waals surface area contributed by atoms with Crippen LogP contribution < -0.4 is 11.5 Å². The molecular formula is C11H18N5O13P3. The molecule has 0 saturated carbocycles.